The summed E-state index contributed by atoms with van der Waals surface area (Å²) in [6, 6.07) is 24.1. The lowest BCUT2D eigenvalue weighted by molar-refractivity contribution is -0.138. The number of halogens is 3. The SMILES string of the molecule is COc1ccc([C@@]23C(=O)N(Nc4ccc(Cl)cc4Cl)C(=O)[C@@H]2C[C@@H]2C(=CC[C@@H]4C(=O)N(c5ccc(Br)cc5)C(=O)[C@@H]42)[C@@H]3c2cccc(C)c2O)cc1. The van der Waals surface area contributed by atoms with Crippen molar-refractivity contribution in [1.29, 1.82) is 0 Å². The second-order valence-electron chi connectivity index (χ2n) is 13.7. The standard InChI is InChI=1S/C40H32BrCl2N3O6/c1-20-4-3-5-28(35(20)47)34-26-15-16-27-33(38(50)45(36(27)48)24-11-8-22(41)9-12-24)29(26)19-30-37(49)46(44-32-17-10-23(42)18-31(32)43)39(51)40(30,34)21-6-13-25(52-2)14-7-21/h3-15,17-18,27,29-30,33-34,44,47H,16,19H2,1-2H3/t27-,29+,30-,33-,34+,40+/m0/s1. The Morgan fingerprint density at radius 1 is 0.904 bits per heavy atom. The number of hydrogen-bond donors (Lipinski definition) is 2. The van der Waals surface area contributed by atoms with E-state index in [2.05, 4.69) is 21.4 Å². The number of rotatable bonds is 6. The number of imide groups is 2. The minimum Gasteiger partial charge on any atom is -0.507 e. The number of fused-ring (bicyclic) bond motifs is 4. The summed E-state index contributed by atoms with van der Waals surface area (Å²) in [5.74, 6) is -5.10. The lowest BCUT2D eigenvalue weighted by Gasteiger charge is -2.50. The topological polar surface area (TPSA) is 116 Å². The fourth-order valence-electron chi connectivity index (χ4n) is 8.95. The first kappa shape index (κ1) is 34.4. The number of amides is 4. The highest BCUT2D eigenvalue weighted by atomic mass is 79.9. The Kier molecular flexibility index (Phi) is 8.47. The molecule has 0 aromatic heterocycles. The van der Waals surface area contributed by atoms with Crippen LogP contribution in [0, 0.1) is 30.6 Å². The number of aryl methyl sites for hydroxylation is 1. The second-order valence-corrected chi connectivity index (χ2v) is 15.5. The number of para-hydroxylation sites is 1. The summed E-state index contributed by atoms with van der Waals surface area (Å²) in [4.78, 5) is 60.0. The van der Waals surface area contributed by atoms with E-state index in [0.717, 1.165) is 15.1 Å². The van der Waals surface area contributed by atoms with Crippen molar-refractivity contribution in [2.45, 2.75) is 31.1 Å². The molecule has 1 saturated carbocycles. The number of carbonyl (C=O) groups is 4. The lowest BCUT2D eigenvalue weighted by atomic mass is 9.49. The van der Waals surface area contributed by atoms with Crippen LogP contribution in [-0.2, 0) is 24.6 Å². The second kappa shape index (κ2) is 12.8. The molecule has 2 aliphatic carbocycles. The summed E-state index contributed by atoms with van der Waals surface area (Å²) in [7, 11) is 1.54. The molecule has 0 radical (unpaired) electrons. The van der Waals surface area contributed by atoms with Gasteiger partial charge in [-0.3, -0.25) is 29.5 Å². The Bertz CT molecular complexity index is 2210. The fourth-order valence-corrected chi connectivity index (χ4v) is 9.66. The molecule has 8 rings (SSSR count). The molecule has 4 amide bonds. The molecule has 52 heavy (non-hydrogen) atoms. The van der Waals surface area contributed by atoms with Crippen molar-refractivity contribution in [2.24, 2.45) is 23.7 Å². The van der Waals surface area contributed by atoms with E-state index in [9.17, 15) is 19.5 Å². The lowest BCUT2D eigenvalue weighted by Crippen LogP contribution is -2.53. The van der Waals surface area contributed by atoms with Crippen molar-refractivity contribution in [3.63, 3.8) is 0 Å². The molecule has 4 aromatic rings. The highest BCUT2D eigenvalue weighted by Crippen LogP contribution is 2.65. The number of nitrogens with zero attached hydrogens (tertiary/aromatic N) is 2. The van der Waals surface area contributed by atoms with Crippen LogP contribution in [0.3, 0.4) is 0 Å². The zero-order valence-electron chi connectivity index (χ0n) is 28.0. The molecule has 0 unspecified atom stereocenters. The fraction of sp³-hybridized carbons (Fsp3) is 0.250. The molecular formula is C40H32BrCl2N3O6. The maximum Gasteiger partial charge on any atom is 0.260 e. The Balaban J connectivity index is 1.34. The van der Waals surface area contributed by atoms with Gasteiger partial charge in [0.05, 0.1) is 46.7 Å². The van der Waals surface area contributed by atoms with E-state index < -0.39 is 46.8 Å². The molecule has 12 heteroatoms. The number of allylic oxidation sites excluding steroid dienone is 2. The molecule has 2 heterocycles. The minimum atomic E-state index is -1.58. The highest BCUT2D eigenvalue weighted by Gasteiger charge is 2.70. The van der Waals surface area contributed by atoms with Gasteiger partial charge in [0.15, 0.2) is 0 Å². The maximum atomic E-state index is 15.4. The largest absolute Gasteiger partial charge is 0.507 e. The number of nitrogens with one attached hydrogen (secondary N) is 1. The predicted octanol–water partition coefficient (Wildman–Crippen LogP) is 7.97. The van der Waals surface area contributed by atoms with E-state index in [1.807, 2.05) is 6.08 Å². The number of methoxy groups -OCH3 is 1. The highest BCUT2D eigenvalue weighted by molar-refractivity contribution is 9.10. The molecular weight excluding hydrogens is 769 g/mol. The van der Waals surface area contributed by atoms with Crippen molar-refractivity contribution in [3.8, 4) is 11.5 Å². The summed E-state index contributed by atoms with van der Waals surface area (Å²) < 4.78 is 6.27. The zero-order chi connectivity index (χ0) is 36.6. The first-order valence-electron chi connectivity index (χ1n) is 16.8. The molecule has 0 spiro atoms. The average Bonchev–Trinajstić information content (AvgIpc) is 3.52. The van der Waals surface area contributed by atoms with Gasteiger partial charge in [-0.1, -0.05) is 81.1 Å². The third-order valence-corrected chi connectivity index (χ3v) is 12.3. The van der Waals surface area contributed by atoms with E-state index >= 15 is 4.79 Å². The van der Waals surface area contributed by atoms with Crippen LogP contribution >= 0.6 is 39.1 Å². The Hall–Kier alpha value is -4.64. The van der Waals surface area contributed by atoms with Crippen molar-refractivity contribution in [3.05, 3.63) is 128 Å². The van der Waals surface area contributed by atoms with Gasteiger partial charge in [-0.15, -0.1) is 0 Å². The molecule has 2 N–H and O–H groups in total. The molecule has 4 aliphatic rings. The van der Waals surface area contributed by atoms with Gasteiger partial charge in [0.25, 0.3) is 11.8 Å². The van der Waals surface area contributed by atoms with E-state index in [4.69, 9.17) is 27.9 Å². The zero-order valence-corrected chi connectivity index (χ0v) is 31.1. The Morgan fingerprint density at radius 3 is 2.33 bits per heavy atom. The molecule has 4 aromatic carbocycles. The predicted molar refractivity (Wildman–Crippen MR) is 200 cm³/mol. The number of hydrazine groups is 1. The van der Waals surface area contributed by atoms with Gasteiger partial charge in [-0.25, -0.2) is 0 Å². The normalized spacial score (nSPS) is 26.6. The van der Waals surface area contributed by atoms with Crippen LogP contribution in [0.25, 0.3) is 0 Å². The van der Waals surface area contributed by atoms with Crippen LogP contribution in [0.5, 0.6) is 11.5 Å². The van der Waals surface area contributed by atoms with E-state index in [0.29, 0.717) is 38.8 Å². The molecule has 0 bridgehead atoms. The van der Waals surface area contributed by atoms with Gasteiger partial charge >= 0.3 is 0 Å². The molecule has 264 valence electrons. The summed E-state index contributed by atoms with van der Waals surface area (Å²) in [5, 5.41) is 13.4. The van der Waals surface area contributed by atoms with E-state index in [1.165, 1.54) is 11.0 Å². The first-order valence-corrected chi connectivity index (χ1v) is 18.4. The van der Waals surface area contributed by atoms with Gasteiger partial charge in [-0.05, 0) is 91.4 Å². The summed E-state index contributed by atoms with van der Waals surface area (Å²) >= 11 is 16.1. The number of phenols is 1. The van der Waals surface area contributed by atoms with Gasteiger partial charge in [0.2, 0.25) is 11.8 Å². The smallest absolute Gasteiger partial charge is 0.260 e. The van der Waals surface area contributed by atoms with Crippen LogP contribution in [-0.4, -0.2) is 40.9 Å². The van der Waals surface area contributed by atoms with Crippen LogP contribution in [0.1, 0.15) is 35.4 Å². The quantitative estimate of drug-likeness (QED) is 0.150. The van der Waals surface area contributed by atoms with Crippen LogP contribution in [0.2, 0.25) is 10.0 Å². The number of hydrogen-bond acceptors (Lipinski definition) is 7. The van der Waals surface area contributed by atoms with Gasteiger partial charge in [0.1, 0.15) is 11.5 Å². The van der Waals surface area contributed by atoms with Crippen molar-refractivity contribution < 1.29 is 29.0 Å². The maximum absolute atomic E-state index is 15.4. The summed E-state index contributed by atoms with van der Waals surface area (Å²) in [6.07, 6.45) is 2.32. The van der Waals surface area contributed by atoms with Crippen molar-refractivity contribution >= 4 is 74.1 Å². The third-order valence-electron chi connectivity index (χ3n) is 11.2. The molecule has 6 atom stereocenters. The first-order chi connectivity index (χ1) is 25.0. The number of benzene rings is 4. The number of anilines is 2. The third kappa shape index (κ3) is 5.02. The Labute approximate surface area is 318 Å². The summed E-state index contributed by atoms with van der Waals surface area (Å²) in [5.41, 5.74) is 4.49. The molecule has 2 saturated heterocycles. The van der Waals surface area contributed by atoms with Crippen LogP contribution in [0.4, 0.5) is 11.4 Å². The number of ether oxygens (including phenoxy) is 1. The monoisotopic (exact) mass is 799 g/mol. The Morgan fingerprint density at radius 2 is 1.63 bits per heavy atom. The number of carbonyl (C=O) groups excluding carboxylic acids is 4. The van der Waals surface area contributed by atoms with E-state index in [1.54, 1.807) is 92.9 Å². The molecule has 9 nitrogen and oxygen atoms in total. The average molecular weight is 802 g/mol. The van der Waals surface area contributed by atoms with Crippen LogP contribution in [0.15, 0.2) is 101 Å². The van der Waals surface area contributed by atoms with E-state index in [-0.39, 0.29) is 35.4 Å². The van der Waals surface area contributed by atoms with Gasteiger partial charge < -0.3 is 9.84 Å². The van der Waals surface area contributed by atoms with Gasteiger partial charge in [0, 0.05) is 21.0 Å². The van der Waals surface area contributed by atoms with Crippen molar-refractivity contribution in [1.82, 2.24) is 5.01 Å². The number of aromatic hydroxyl groups is 1. The molecule has 3 fully saturated rings. The molecule has 2 aliphatic heterocycles. The number of phenolic OH excluding ortho intramolecular Hbond substituents is 1. The summed E-state index contributed by atoms with van der Waals surface area (Å²) in [6.45, 7) is 1.77. The van der Waals surface area contributed by atoms with Crippen molar-refractivity contribution in [2.75, 3.05) is 17.4 Å². The van der Waals surface area contributed by atoms with Gasteiger partial charge in [-0.2, -0.15) is 5.01 Å². The van der Waals surface area contributed by atoms with Crippen LogP contribution < -0.4 is 15.1 Å². The minimum absolute atomic E-state index is 0.0134.